The predicted octanol–water partition coefficient (Wildman–Crippen LogP) is 3.90. The number of amides is 2. The number of urea groups is 1. The van der Waals surface area contributed by atoms with Crippen molar-refractivity contribution in [2.45, 2.75) is 25.4 Å². The van der Waals surface area contributed by atoms with Gasteiger partial charge in [0.2, 0.25) is 0 Å². The molecule has 2 heterocycles. The first-order chi connectivity index (χ1) is 11.8. The topological polar surface area (TPSA) is 35.6 Å². The van der Waals surface area contributed by atoms with Gasteiger partial charge in [0, 0.05) is 18.8 Å². The molecule has 4 nitrogen and oxygen atoms in total. The van der Waals surface area contributed by atoms with E-state index in [2.05, 4.69) is 17.3 Å². The molecule has 0 aliphatic carbocycles. The van der Waals surface area contributed by atoms with Crippen LogP contribution in [0.5, 0.6) is 0 Å². The van der Waals surface area contributed by atoms with Crippen LogP contribution < -0.4 is 5.32 Å². The van der Waals surface area contributed by atoms with Gasteiger partial charge in [-0.05, 0) is 69.4 Å². The maximum Gasteiger partial charge on any atom is 0.416 e. The lowest BCUT2D eigenvalue weighted by atomic mass is 9.84. The number of hydrogen-bond acceptors (Lipinski definition) is 2. The molecule has 7 heteroatoms. The zero-order valence-electron chi connectivity index (χ0n) is 14.4. The molecule has 1 atom stereocenters. The van der Waals surface area contributed by atoms with Gasteiger partial charge < -0.3 is 15.1 Å². The Bertz CT molecular complexity index is 612. The molecule has 0 unspecified atom stereocenters. The third kappa shape index (κ3) is 4.45. The first-order valence-electron chi connectivity index (χ1n) is 8.74. The van der Waals surface area contributed by atoms with Crippen LogP contribution in [0, 0.1) is 11.8 Å². The molecular formula is C18H24F3N3O. The lowest BCUT2D eigenvalue weighted by Gasteiger charge is -2.32. The van der Waals surface area contributed by atoms with E-state index in [-0.39, 0.29) is 11.7 Å². The van der Waals surface area contributed by atoms with Gasteiger partial charge in [-0.1, -0.05) is 6.07 Å². The third-order valence-electron chi connectivity index (χ3n) is 5.38. The maximum atomic E-state index is 12.8. The minimum Gasteiger partial charge on any atom is -0.324 e. The average Bonchev–Trinajstić information content (AvgIpc) is 3.05. The van der Waals surface area contributed by atoms with Gasteiger partial charge in [0.25, 0.3) is 0 Å². The number of nitrogens with zero attached hydrogens (tertiary/aromatic N) is 2. The summed E-state index contributed by atoms with van der Waals surface area (Å²) in [5.74, 6) is 1.14. The van der Waals surface area contributed by atoms with Gasteiger partial charge >= 0.3 is 12.2 Å². The summed E-state index contributed by atoms with van der Waals surface area (Å²) in [4.78, 5) is 16.4. The highest BCUT2D eigenvalue weighted by atomic mass is 19.4. The molecule has 2 aliphatic heterocycles. The molecule has 2 saturated heterocycles. The largest absolute Gasteiger partial charge is 0.416 e. The van der Waals surface area contributed by atoms with E-state index in [9.17, 15) is 18.0 Å². The van der Waals surface area contributed by atoms with E-state index in [1.54, 1.807) is 4.90 Å². The normalized spacial score (nSPS) is 23.0. The number of carbonyl (C=O) groups is 1. The Balaban J connectivity index is 1.56. The second-order valence-electron chi connectivity index (χ2n) is 7.14. The smallest absolute Gasteiger partial charge is 0.324 e. The number of halogens is 3. The Hall–Kier alpha value is -1.76. The van der Waals surface area contributed by atoms with E-state index in [0.29, 0.717) is 24.9 Å². The molecule has 1 aromatic carbocycles. The van der Waals surface area contributed by atoms with Crippen LogP contribution in [0.1, 0.15) is 24.8 Å². The van der Waals surface area contributed by atoms with E-state index in [1.165, 1.54) is 12.1 Å². The molecule has 3 rings (SSSR count). The van der Waals surface area contributed by atoms with E-state index in [0.717, 1.165) is 44.5 Å². The molecule has 0 bridgehead atoms. The monoisotopic (exact) mass is 355 g/mol. The lowest BCUT2D eigenvalue weighted by Crippen LogP contribution is -2.36. The molecule has 0 aromatic heterocycles. The summed E-state index contributed by atoms with van der Waals surface area (Å²) in [5, 5.41) is 2.61. The zero-order chi connectivity index (χ0) is 18.0. The summed E-state index contributed by atoms with van der Waals surface area (Å²) in [7, 11) is 2.12. The Morgan fingerprint density at radius 3 is 2.48 bits per heavy atom. The minimum absolute atomic E-state index is 0.183. The number of hydrogen-bond donors (Lipinski definition) is 1. The Morgan fingerprint density at radius 2 is 1.80 bits per heavy atom. The van der Waals surface area contributed by atoms with Crippen LogP contribution in [0.15, 0.2) is 24.3 Å². The minimum atomic E-state index is -4.41. The highest BCUT2D eigenvalue weighted by Crippen LogP contribution is 2.33. The second kappa shape index (κ2) is 7.23. The van der Waals surface area contributed by atoms with E-state index in [4.69, 9.17) is 0 Å². The number of carbonyl (C=O) groups excluding carboxylic acids is 1. The predicted molar refractivity (Wildman–Crippen MR) is 90.4 cm³/mol. The molecule has 138 valence electrons. The summed E-state index contributed by atoms with van der Waals surface area (Å²) >= 11 is 0. The Kier molecular flexibility index (Phi) is 5.22. The van der Waals surface area contributed by atoms with Crippen LogP contribution in [-0.4, -0.2) is 49.1 Å². The highest BCUT2D eigenvalue weighted by Gasteiger charge is 2.34. The molecule has 2 fully saturated rings. The van der Waals surface area contributed by atoms with Crippen molar-refractivity contribution in [3.8, 4) is 0 Å². The quantitative estimate of drug-likeness (QED) is 0.873. The standard InChI is InChI=1S/C18H24F3N3O/c1-23-8-5-13(6-9-23)14-7-10-24(12-14)17(25)22-16-4-2-3-15(11-16)18(19,20)21/h2-4,11,13-14H,5-10,12H2,1H3,(H,22,25)/t14-/m0/s1. The SMILES string of the molecule is CN1CCC([C@H]2CCN(C(=O)Nc3cccc(C(F)(F)F)c3)C2)CC1. The van der Waals surface area contributed by atoms with Crippen molar-refractivity contribution in [2.75, 3.05) is 38.5 Å². The number of piperidine rings is 1. The first kappa shape index (κ1) is 18.0. The molecule has 0 saturated carbocycles. The highest BCUT2D eigenvalue weighted by molar-refractivity contribution is 5.89. The van der Waals surface area contributed by atoms with Crippen LogP contribution in [-0.2, 0) is 6.18 Å². The summed E-state index contributed by atoms with van der Waals surface area (Å²) in [5.41, 5.74) is -0.571. The lowest BCUT2D eigenvalue weighted by molar-refractivity contribution is -0.137. The van der Waals surface area contributed by atoms with E-state index in [1.807, 2.05) is 0 Å². The number of likely N-dealkylation sites (tertiary alicyclic amines) is 2. The molecule has 2 amide bonds. The molecular weight excluding hydrogens is 331 g/mol. The zero-order valence-corrected chi connectivity index (χ0v) is 14.4. The van der Waals surface area contributed by atoms with Gasteiger partial charge in [-0.2, -0.15) is 13.2 Å². The van der Waals surface area contributed by atoms with Gasteiger partial charge in [0.15, 0.2) is 0 Å². The van der Waals surface area contributed by atoms with Crippen molar-refractivity contribution < 1.29 is 18.0 Å². The van der Waals surface area contributed by atoms with Crippen LogP contribution in [0.4, 0.5) is 23.7 Å². The van der Waals surface area contributed by atoms with Crippen molar-refractivity contribution in [1.29, 1.82) is 0 Å². The van der Waals surface area contributed by atoms with Crippen LogP contribution in [0.2, 0.25) is 0 Å². The van der Waals surface area contributed by atoms with E-state index < -0.39 is 11.7 Å². The van der Waals surface area contributed by atoms with Crippen molar-refractivity contribution in [1.82, 2.24) is 9.80 Å². The van der Waals surface area contributed by atoms with Crippen LogP contribution in [0.3, 0.4) is 0 Å². The van der Waals surface area contributed by atoms with Gasteiger partial charge in [0.05, 0.1) is 5.56 Å². The second-order valence-corrected chi connectivity index (χ2v) is 7.14. The van der Waals surface area contributed by atoms with Gasteiger partial charge in [-0.3, -0.25) is 0 Å². The summed E-state index contributed by atoms with van der Waals surface area (Å²) < 4.78 is 38.3. The number of anilines is 1. The number of alkyl halides is 3. The fraction of sp³-hybridized carbons (Fsp3) is 0.611. The summed E-state index contributed by atoms with van der Waals surface area (Å²) in [6.07, 6.45) is -1.12. The van der Waals surface area contributed by atoms with Gasteiger partial charge in [-0.25, -0.2) is 4.79 Å². The average molecular weight is 355 g/mol. The molecule has 0 radical (unpaired) electrons. The number of rotatable bonds is 2. The fourth-order valence-corrected chi connectivity index (χ4v) is 3.83. The molecule has 0 spiro atoms. The maximum absolute atomic E-state index is 12.8. The van der Waals surface area contributed by atoms with E-state index >= 15 is 0 Å². The first-order valence-corrected chi connectivity index (χ1v) is 8.74. The molecule has 2 aliphatic rings. The van der Waals surface area contributed by atoms with Gasteiger partial charge in [0.1, 0.15) is 0 Å². The molecule has 1 aromatic rings. The van der Waals surface area contributed by atoms with Crippen molar-refractivity contribution in [2.24, 2.45) is 11.8 Å². The third-order valence-corrected chi connectivity index (χ3v) is 5.38. The summed E-state index contributed by atoms with van der Waals surface area (Å²) in [6.45, 7) is 3.55. The van der Waals surface area contributed by atoms with Gasteiger partial charge in [-0.15, -0.1) is 0 Å². The van der Waals surface area contributed by atoms with Crippen LogP contribution in [0.25, 0.3) is 0 Å². The van der Waals surface area contributed by atoms with Crippen molar-refractivity contribution in [3.05, 3.63) is 29.8 Å². The summed E-state index contributed by atoms with van der Waals surface area (Å²) in [6, 6.07) is 4.46. The number of benzene rings is 1. The number of nitrogens with one attached hydrogen (secondary N) is 1. The Labute approximate surface area is 146 Å². The van der Waals surface area contributed by atoms with Crippen molar-refractivity contribution in [3.63, 3.8) is 0 Å². The Morgan fingerprint density at radius 1 is 1.12 bits per heavy atom. The molecule has 1 N–H and O–H groups in total. The molecule has 25 heavy (non-hydrogen) atoms. The van der Waals surface area contributed by atoms with Crippen LogP contribution >= 0.6 is 0 Å². The fourth-order valence-electron chi connectivity index (χ4n) is 3.83. The van der Waals surface area contributed by atoms with Crippen molar-refractivity contribution >= 4 is 11.7 Å².